The SMILES string of the molecule is CCCCCCCCCCCCCCCCCCCCC(=O)OC[C@@H](O)COP(=O)(O)OC[C@@H](O)CO. The van der Waals surface area contributed by atoms with Crippen molar-refractivity contribution >= 4 is 13.8 Å². The summed E-state index contributed by atoms with van der Waals surface area (Å²) in [6.07, 6.45) is 20.7. The van der Waals surface area contributed by atoms with Crippen molar-refractivity contribution in [2.24, 2.45) is 0 Å². The van der Waals surface area contributed by atoms with Crippen LogP contribution in [-0.2, 0) is 23.1 Å². The topological polar surface area (TPSA) is 143 Å². The number of ether oxygens (including phenoxy) is 1. The summed E-state index contributed by atoms with van der Waals surface area (Å²) in [5.74, 6) is -0.426. The molecule has 0 aliphatic heterocycles. The Labute approximate surface area is 224 Å². The third-order valence-electron chi connectivity index (χ3n) is 6.24. The lowest BCUT2D eigenvalue weighted by molar-refractivity contribution is -0.147. The molecule has 37 heavy (non-hydrogen) atoms. The first kappa shape index (κ1) is 36.5. The lowest BCUT2D eigenvalue weighted by Crippen LogP contribution is -2.24. The minimum Gasteiger partial charge on any atom is -0.463 e. The summed E-state index contributed by atoms with van der Waals surface area (Å²) in [4.78, 5) is 21.2. The molecule has 0 rings (SSSR count). The van der Waals surface area contributed by atoms with E-state index in [9.17, 15) is 19.4 Å². The Balaban J connectivity index is 3.44. The van der Waals surface area contributed by atoms with E-state index in [1.54, 1.807) is 0 Å². The Bertz CT molecular complexity index is 562. The molecular formula is C27H55O9P. The van der Waals surface area contributed by atoms with Gasteiger partial charge in [-0.3, -0.25) is 13.8 Å². The van der Waals surface area contributed by atoms with Gasteiger partial charge >= 0.3 is 13.8 Å². The van der Waals surface area contributed by atoms with Crippen LogP contribution in [0.4, 0.5) is 0 Å². The van der Waals surface area contributed by atoms with Crippen LogP contribution >= 0.6 is 7.82 Å². The molecule has 4 N–H and O–H groups in total. The van der Waals surface area contributed by atoms with Crippen molar-refractivity contribution in [3.05, 3.63) is 0 Å². The third-order valence-corrected chi connectivity index (χ3v) is 7.19. The van der Waals surface area contributed by atoms with Crippen molar-refractivity contribution in [1.29, 1.82) is 0 Å². The van der Waals surface area contributed by atoms with Gasteiger partial charge in [0.25, 0.3) is 0 Å². The molecule has 0 aromatic heterocycles. The van der Waals surface area contributed by atoms with Crippen LogP contribution in [0, 0.1) is 0 Å². The molecule has 0 spiro atoms. The molecule has 0 saturated carbocycles. The van der Waals surface area contributed by atoms with E-state index < -0.39 is 45.8 Å². The van der Waals surface area contributed by atoms with Crippen LogP contribution in [0.1, 0.15) is 129 Å². The highest BCUT2D eigenvalue weighted by molar-refractivity contribution is 7.47. The number of rotatable bonds is 28. The van der Waals surface area contributed by atoms with Crippen LogP contribution in [0.2, 0.25) is 0 Å². The van der Waals surface area contributed by atoms with Crippen molar-refractivity contribution < 1.29 is 43.4 Å². The van der Waals surface area contributed by atoms with Gasteiger partial charge in [-0.2, -0.15) is 0 Å². The molecule has 0 saturated heterocycles. The fourth-order valence-electron chi connectivity index (χ4n) is 3.93. The lowest BCUT2D eigenvalue weighted by Gasteiger charge is -2.16. The quantitative estimate of drug-likeness (QED) is 0.0535. The van der Waals surface area contributed by atoms with Crippen LogP contribution in [0.15, 0.2) is 0 Å². The smallest absolute Gasteiger partial charge is 0.463 e. The summed E-state index contributed by atoms with van der Waals surface area (Å²) in [7, 11) is -4.48. The number of carbonyl (C=O) groups is 1. The normalized spacial score (nSPS) is 14.8. The molecule has 0 radical (unpaired) electrons. The van der Waals surface area contributed by atoms with Crippen molar-refractivity contribution in [2.75, 3.05) is 26.4 Å². The number of aliphatic hydroxyl groups is 3. The average Bonchev–Trinajstić information content (AvgIpc) is 2.88. The van der Waals surface area contributed by atoms with E-state index in [1.807, 2.05) is 0 Å². The minimum atomic E-state index is -4.48. The second kappa shape index (κ2) is 25.7. The zero-order valence-electron chi connectivity index (χ0n) is 23.2. The Morgan fingerprint density at radius 1 is 0.649 bits per heavy atom. The fourth-order valence-corrected chi connectivity index (χ4v) is 4.73. The van der Waals surface area contributed by atoms with Crippen LogP contribution in [0.25, 0.3) is 0 Å². The average molecular weight is 555 g/mol. The molecule has 0 aromatic carbocycles. The molecule has 9 nitrogen and oxygen atoms in total. The Hall–Kier alpha value is -0.540. The molecule has 10 heteroatoms. The zero-order valence-corrected chi connectivity index (χ0v) is 24.1. The lowest BCUT2D eigenvalue weighted by atomic mass is 10.0. The number of esters is 1. The summed E-state index contributed by atoms with van der Waals surface area (Å²) < 4.78 is 25.6. The number of hydrogen-bond donors (Lipinski definition) is 4. The minimum absolute atomic E-state index is 0.271. The summed E-state index contributed by atoms with van der Waals surface area (Å²) in [5, 5.41) is 27.5. The van der Waals surface area contributed by atoms with Gasteiger partial charge in [-0.1, -0.05) is 116 Å². The first-order valence-electron chi connectivity index (χ1n) is 14.5. The van der Waals surface area contributed by atoms with Crippen LogP contribution in [-0.4, -0.2) is 64.8 Å². The van der Waals surface area contributed by atoms with Gasteiger partial charge in [-0.25, -0.2) is 4.57 Å². The van der Waals surface area contributed by atoms with Gasteiger partial charge in [-0.15, -0.1) is 0 Å². The molecule has 3 atom stereocenters. The van der Waals surface area contributed by atoms with Crippen molar-refractivity contribution in [1.82, 2.24) is 0 Å². The first-order chi connectivity index (χ1) is 17.8. The van der Waals surface area contributed by atoms with Gasteiger partial charge in [0.05, 0.1) is 19.8 Å². The number of phosphoric ester groups is 1. The molecule has 1 unspecified atom stereocenters. The van der Waals surface area contributed by atoms with E-state index in [1.165, 1.54) is 96.3 Å². The zero-order chi connectivity index (χ0) is 27.6. The fraction of sp³-hybridized carbons (Fsp3) is 0.963. The van der Waals surface area contributed by atoms with Gasteiger partial charge < -0.3 is 24.9 Å². The van der Waals surface area contributed by atoms with Gasteiger partial charge in [0.15, 0.2) is 0 Å². The van der Waals surface area contributed by atoms with E-state index in [2.05, 4.69) is 16.0 Å². The van der Waals surface area contributed by atoms with Gasteiger partial charge in [0, 0.05) is 6.42 Å². The largest absolute Gasteiger partial charge is 0.472 e. The monoisotopic (exact) mass is 554 g/mol. The highest BCUT2D eigenvalue weighted by Crippen LogP contribution is 2.43. The van der Waals surface area contributed by atoms with Gasteiger partial charge in [0.2, 0.25) is 0 Å². The van der Waals surface area contributed by atoms with Crippen molar-refractivity contribution in [2.45, 2.75) is 141 Å². The van der Waals surface area contributed by atoms with Crippen LogP contribution < -0.4 is 0 Å². The van der Waals surface area contributed by atoms with E-state index >= 15 is 0 Å². The maximum atomic E-state index is 11.8. The second-order valence-electron chi connectivity index (χ2n) is 9.99. The summed E-state index contributed by atoms with van der Waals surface area (Å²) >= 11 is 0. The Morgan fingerprint density at radius 2 is 1.03 bits per heavy atom. The standard InChI is InChI=1S/C27H55O9P/c1-2-3-4-5-6-7-8-9-10-11-12-13-14-15-16-17-18-19-20-27(31)34-22-26(30)24-36-37(32,33)35-23-25(29)21-28/h25-26,28-30H,2-24H2,1H3,(H,32,33)/t25-,26+/m0/s1. The number of unbranched alkanes of at least 4 members (excludes halogenated alkanes) is 17. The third kappa shape index (κ3) is 26.8. The number of aliphatic hydroxyl groups excluding tert-OH is 3. The van der Waals surface area contributed by atoms with Crippen molar-refractivity contribution in [3.63, 3.8) is 0 Å². The Morgan fingerprint density at radius 3 is 1.43 bits per heavy atom. The molecule has 0 bridgehead atoms. The van der Waals surface area contributed by atoms with Gasteiger partial charge in [0.1, 0.15) is 18.8 Å². The number of phosphoric acid groups is 1. The summed E-state index contributed by atoms with van der Waals surface area (Å²) in [5.41, 5.74) is 0. The van der Waals surface area contributed by atoms with Crippen molar-refractivity contribution in [3.8, 4) is 0 Å². The van der Waals surface area contributed by atoms with Crippen LogP contribution in [0.5, 0.6) is 0 Å². The number of hydrogen-bond acceptors (Lipinski definition) is 8. The highest BCUT2D eigenvalue weighted by atomic mass is 31.2. The predicted molar refractivity (Wildman–Crippen MR) is 145 cm³/mol. The van der Waals surface area contributed by atoms with E-state index in [4.69, 9.17) is 14.9 Å². The molecule has 0 amide bonds. The molecule has 0 aromatic rings. The molecular weight excluding hydrogens is 499 g/mol. The van der Waals surface area contributed by atoms with E-state index in [-0.39, 0.29) is 13.0 Å². The van der Waals surface area contributed by atoms with Crippen LogP contribution in [0.3, 0.4) is 0 Å². The first-order valence-corrected chi connectivity index (χ1v) is 16.0. The highest BCUT2D eigenvalue weighted by Gasteiger charge is 2.24. The molecule has 0 fully saturated rings. The Kier molecular flexibility index (Phi) is 25.3. The molecule has 222 valence electrons. The molecule has 0 aliphatic rings. The predicted octanol–water partition coefficient (Wildman–Crippen LogP) is 5.81. The van der Waals surface area contributed by atoms with E-state index in [0.717, 1.165) is 19.3 Å². The second-order valence-corrected chi connectivity index (χ2v) is 11.4. The number of carbonyl (C=O) groups excluding carboxylic acids is 1. The molecule has 0 aliphatic carbocycles. The maximum absolute atomic E-state index is 11.8. The summed E-state index contributed by atoms with van der Waals surface area (Å²) in [6.45, 7) is 0.122. The van der Waals surface area contributed by atoms with Gasteiger partial charge in [-0.05, 0) is 6.42 Å². The molecule has 0 heterocycles. The van der Waals surface area contributed by atoms with E-state index in [0.29, 0.717) is 0 Å². The summed E-state index contributed by atoms with van der Waals surface area (Å²) in [6, 6.07) is 0. The maximum Gasteiger partial charge on any atom is 0.472 e.